The smallest absolute Gasteiger partial charge is 0.225 e. The molecule has 0 radical (unpaired) electrons. The number of hydrogen-bond donors (Lipinski definition) is 1. The number of primary amides is 1. The highest BCUT2D eigenvalue weighted by molar-refractivity contribution is 5.85. The van der Waals surface area contributed by atoms with Gasteiger partial charge in [0, 0.05) is 38.6 Å². The molecule has 0 unspecified atom stereocenters. The molecule has 2 saturated heterocycles. The molecule has 7 heteroatoms. The summed E-state index contributed by atoms with van der Waals surface area (Å²) in [6.07, 6.45) is 0.978. The zero-order chi connectivity index (χ0) is 18.3. The number of nitrogens with zero attached hydrogens (tertiary/aromatic N) is 3. The average molecular weight is 356 g/mol. The number of para-hydroxylation sites is 2. The van der Waals surface area contributed by atoms with Gasteiger partial charge in [0.2, 0.25) is 11.8 Å². The van der Waals surface area contributed by atoms with Gasteiger partial charge in [-0.1, -0.05) is 12.1 Å². The van der Waals surface area contributed by atoms with Crippen molar-refractivity contribution in [1.82, 2.24) is 14.5 Å². The quantitative estimate of drug-likeness (QED) is 0.888. The van der Waals surface area contributed by atoms with E-state index >= 15 is 0 Å². The molecule has 0 bridgehead atoms. The lowest BCUT2D eigenvalue weighted by Crippen LogP contribution is -2.48. The van der Waals surface area contributed by atoms with Gasteiger partial charge >= 0.3 is 0 Å². The zero-order valence-corrected chi connectivity index (χ0v) is 15.0. The molecule has 1 aromatic heterocycles. The molecule has 2 aromatic rings. The molecule has 2 aliphatic rings. The second kappa shape index (κ2) is 6.39. The molecule has 3 heterocycles. The van der Waals surface area contributed by atoms with Crippen LogP contribution in [0.4, 0.5) is 0 Å². The van der Waals surface area contributed by atoms with E-state index in [1.54, 1.807) is 4.90 Å². The number of amides is 2. The molecular formula is C19H24N4O3. The first-order valence-electron chi connectivity index (χ1n) is 9.08. The van der Waals surface area contributed by atoms with Crippen LogP contribution in [0.2, 0.25) is 0 Å². The van der Waals surface area contributed by atoms with Gasteiger partial charge in [-0.25, -0.2) is 4.98 Å². The number of fused-ring (bicyclic) bond motifs is 2. The number of aromatic nitrogens is 2. The van der Waals surface area contributed by atoms with Crippen molar-refractivity contribution in [3.63, 3.8) is 0 Å². The normalized spacial score (nSPS) is 25.4. The maximum atomic E-state index is 12.8. The molecule has 2 N–H and O–H groups in total. The number of likely N-dealkylation sites (tertiary alicyclic amines) is 1. The average Bonchev–Trinajstić information content (AvgIpc) is 3.18. The Morgan fingerprint density at radius 1 is 1.38 bits per heavy atom. The summed E-state index contributed by atoms with van der Waals surface area (Å²) < 4.78 is 7.58. The van der Waals surface area contributed by atoms with E-state index in [1.165, 1.54) is 0 Å². The predicted molar refractivity (Wildman–Crippen MR) is 96.2 cm³/mol. The highest BCUT2D eigenvalue weighted by Crippen LogP contribution is 2.42. The van der Waals surface area contributed by atoms with Crippen molar-refractivity contribution < 1.29 is 14.3 Å². The molecule has 2 amide bonds. The topological polar surface area (TPSA) is 90.4 Å². The van der Waals surface area contributed by atoms with Gasteiger partial charge in [-0.2, -0.15) is 0 Å². The number of carbonyl (C=O) groups excluding carboxylic acids is 2. The van der Waals surface area contributed by atoms with E-state index in [0.717, 1.165) is 16.9 Å². The van der Waals surface area contributed by atoms with Gasteiger partial charge in [-0.05, 0) is 25.5 Å². The van der Waals surface area contributed by atoms with Gasteiger partial charge in [-0.3, -0.25) is 9.59 Å². The molecule has 138 valence electrons. The molecule has 0 aliphatic carbocycles. The van der Waals surface area contributed by atoms with Crippen molar-refractivity contribution >= 4 is 22.8 Å². The number of aryl methyl sites for hydroxylation is 2. The third-order valence-electron chi connectivity index (χ3n) is 5.94. The first-order valence-corrected chi connectivity index (χ1v) is 9.08. The van der Waals surface area contributed by atoms with Gasteiger partial charge in [0.05, 0.1) is 23.1 Å². The van der Waals surface area contributed by atoms with E-state index in [2.05, 4.69) is 9.55 Å². The van der Waals surface area contributed by atoms with E-state index < -0.39 is 5.41 Å². The zero-order valence-electron chi connectivity index (χ0n) is 15.0. The summed E-state index contributed by atoms with van der Waals surface area (Å²) in [7, 11) is 0. The molecule has 7 nitrogen and oxygen atoms in total. The fourth-order valence-electron chi connectivity index (χ4n) is 4.39. The maximum Gasteiger partial charge on any atom is 0.225 e. The number of imidazole rings is 1. The van der Waals surface area contributed by atoms with Crippen LogP contribution in [0.3, 0.4) is 0 Å². The summed E-state index contributed by atoms with van der Waals surface area (Å²) in [5, 5.41) is 0. The molecular weight excluding hydrogens is 332 g/mol. The van der Waals surface area contributed by atoms with Gasteiger partial charge in [0.1, 0.15) is 5.82 Å². The van der Waals surface area contributed by atoms with Crippen molar-refractivity contribution in [3.8, 4) is 0 Å². The summed E-state index contributed by atoms with van der Waals surface area (Å²) in [4.78, 5) is 31.2. The van der Waals surface area contributed by atoms with Crippen LogP contribution in [-0.4, -0.2) is 52.6 Å². The highest BCUT2D eigenvalue weighted by atomic mass is 16.5. The number of hydrogen-bond acceptors (Lipinski definition) is 4. The van der Waals surface area contributed by atoms with E-state index in [0.29, 0.717) is 45.7 Å². The van der Waals surface area contributed by atoms with Crippen LogP contribution in [0, 0.1) is 18.3 Å². The van der Waals surface area contributed by atoms with E-state index in [-0.39, 0.29) is 17.7 Å². The fraction of sp³-hybridized carbons (Fsp3) is 0.526. The van der Waals surface area contributed by atoms with Crippen molar-refractivity contribution in [3.05, 3.63) is 30.1 Å². The van der Waals surface area contributed by atoms with Crippen LogP contribution in [0.5, 0.6) is 0 Å². The van der Waals surface area contributed by atoms with Crippen molar-refractivity contribution in [2.45, 2.75) is 26.3 Å². The lowest BCUT2D eigenvalue weighted by Gasteiger charge is -2.34. The molecule has 2 aliphatic heterocycles. The summed E-state index contributed by atoms with van der Waals surface area (Å²) >= 11 is 0. The Morgan fingerprint density at radius 3 is 2.96 bits per heavy atom. The largest absolute Gasteiger partial charge is 0.381 e. The Kier molecular flexibility index (Phi) is 4.19. The fourth-order valence-corrected chi connectivity index (χ4v) is 4.39. The van der Waals surface area contributed by atoms with Crippen LogP contribution in [0.25, 0.3) is 11.0 Å². The monoisotopic (exact) mass is 356 g/mol. The minimum Gasteiger partial charge on any atom is -0.381 e. The Labute approximate surface area is 152 Å². The highest BCUT2D eigenvalue weighted by Gasteiger charge is 2.53. The molecule has 4 rings (SSSR count). The van der Waals surface area contributed by atoms with E-state index in [1.807, 2.05) is 31.2 Å². The van der Waals surface area contributed by atoms with Gasteiger partial charge in [-0.15, -0.1) is 0 Å². The first kappa shape index (κ1) is 17.0. The Morgan fingerprint density at radius 2 is 2.19 bits per heavy atom. The minimum atomic E-state index is -0.620. The van der Waals surface area contributed by atoms with Gasteiger partial charge < -0.3 is 19.9 Å². The minimum absolute atomic E-state index is 0.00788. The summed E-state index contributed by atoms with van der Waals surface area (Å²) in [5.41, 5.74) is 7.05. The second-order valence-electron chi connectivity index (χ2n) is 7.37. The van der Waals surface area contributed by atoms with Crippen LogP contribution < -0.4 is 5.73 Å². The Balaban J connectivity index is 1.47. The van der Waals surface area contributed by atoms with Crippen LogP contribution >= 0.6 is 0 Å². The van der Waals surface area contributed by atoms with Crippen molar-refractivity contribution in [1.29, 1.82) is 0 Å². The first-order chi connectivity index (χ1) is 12.5. The number of nitrogens with two attached hydrogens (primary N) is 1. The third-order valence-corrected chi connectivity index (χ3v) is 5.94. The van der Waals surface area contributed by atoms with E-state index in [4.69, 9.17) is 10.5 Å². The standard InChI is InChI=1S/C19H24N4O3/c1-13-21-15-4-2-3-5-16(15)23(13)8-6-17(24)22-10-14-11-26-9-7-19(14,12-22)18(20)25/h2-5,14H,6-12H2,1H3,(H2,20,25)/t14-,19+/m1/s1. The molecule has 0 spiro atoms. The summed E-state index contributed by atoms with van der Waals surface area (Å²) in [6, 6.07) is 7.93. The van der Waals surface area contributed by atoms with Crippen LogP contribution in [0.15, 0.2) is 24.3 Å². The lowest BCUT2D eigenvalue weighted by molar-refractivity contribution is -0.136. The van der Waals surface area contributed by atoms with Crippen molar-refractivity contribution in [2.24, 2.45) is 17.1 Å². The molecule has 0 saturated carbocycles. The van der Waals surface area contributed by atoms with Gasteiger partial charge in [0.15, 0.2) is 0 Å². The Hall–Kier alpha value is -2.41. The third kappa shape index (κ3) is 2.67. The summed E-state index contributed by atoms with van der Waals surface area (Å²) in [6.45, 7) is 4.52. The number of ether oxygens (including phenoxy) is 1. The maximum absolute atomic E-state index is 12.8. The van der Waals surface area contributed by atoms with E-state index in [9.17, 15) is 9.59 Å². The predicted octanol–water partition coefficient (Wildman–Crippen LogP) is 1.09. The molecule has 1 aromatic carbocycles. The SMILES string of the molecule is Cc1nc2ccccc2n1CCC(=O)N1C[C@@H]2COCC[C@]2(C(N)=O)C1. The summed E-state index contributed by atoms with van der Waals surface area (Å²) in [5.74, 6) is 0.652. The second-order valence-corrected chi connectivity index (χ2v) is 7.37. The van der Waals surface area contributed by atoms with Crippen LogP contribution in [0.1, 0.15) is 18.7 Å². The molecule has 2 fully saturated rings. The molecule has 2 atom stereocenters. The molecule has 26 heavy (non-hydrogen) atoms. The van der Waals surface area contributed by atoms with Crippen molar-refractivity contribution in [2.75, 3.05) is 26.3 Å². The lowest BCUT2D eigenvalue weighted by atomic mass is 9.74. The van der Waals surface area contributed by atoms with Crippen LogP contribution in [-0.2, 0) is 20.9 Å². The number of carbonyl (C=O) groups is 2. The Bertz CT molecular complexity index is 862. The number of rotatable bonds is 4. The number of benzene rings is 1. The van der Waals surface area contributed by atoms with Gasteiger partial charge in [0.25, 0.3) is 0 Å².